The van der Waals surface area contributed by atoms with Crippen LogP contribution < -0.4 is 15.2 Å². The fourth-order valence-corrected chi connectivity index (χ4v) is 8.49. The summed E-state index contributed by atoms with van der Waals surface area (Å²) in [6.07, 6.45) is -3.43. The van der Waals surface area contributed by atoms with Crippen LogP contribution in [0.25, 0.3) is 21.6 Å². The molecule has 0 spiro atoms. The second-order valence-corrected chi connectivity index (χ2v) is 12.8. The highest BCUT2D eigenvalue weighted by atomic mass is 32.1. The summed E-state index contributed by atoms with van der Waals surface area (Å²) < 4.78 is 93.7. The van der Waals surface area contributed by atoms with Crippen molar-refractivity contribution in [2.45, 2.75) is 43.3 Å². The predicted octanol–water partition coefficient (Wildman–Crippen LogP) is 6.40. The van der Waals surface area contributed by atoms with E-state index in [2.05, 4.69) is 4.74 Å². The number of hydrogen-bond donors (Lipinski definition) is 0. The van der Waals surface area contributed by atoms with Gasteiger partial charge in [0.25, 0.3) is 17.8 Å². The van der Waals surface area contributed by atoms with Gasteiger partial charge in [0.2, 0.25) is 18.0 Å². The van der Waals surface area contributed by atoms with Gasteiger partial charge in [-0.3, -0.25) is 19.3 Å². The van der Waals surface area contributed by atoms with Gasteiger partial charge >= 0.3 is 6.16 Å². The highest BCUT2D eigenvalue weighted by molar-refractivity contribution is 7.14. The number of fused-ring (bicyclic) bond motifs is 4. The van der Waals surface area contributed by atoms with Gasteiger partial charge in [-0.2, -0.15) is 0 Å². The molecule has 4 aromatic rings. The van der Waals surface area contributed by atoms with Crippen LogP contribution in [-0.4, -0.2) is 54.2 Å². The van der Waals surface area contributed by atoms with E-state index in [4.69, 9.17) is 9.47 Å². The molecule has 0 unspecified atom stereocenters. The first-order valence-corrected chi connectivity index (χ1v) is 15.8. The molecule has 0 saturated carbocycles. The third-order valence-corrected chi connectivity index (χ3v) is 10.4. The Morgan fingerprint density at radius 2 is 1.83 bits per heavy atom. The zero-order valence-electron chi connectivity index (χ0n) is 25.0. The number of aromatic nitrogens is 1. The number of carbonyl (C=O) groups is 2. The Kier molecular flexibility index (Phi) is 6.68. The van der Waals surface area contributed by atoms with Crippen molar-refractivity contribution in [1.82, 2.24) is 9.58 Å². The van der Waals surface area contributed by atoms with E-state index in [1.54, 1.807) is 29.6 Å². The SMILES string of the molecule is COC(=O)OCOc1c2n(ccc1=O)N([C@@H]1c3ccccc3-c3scc4c3-c3c1ccc(F)c3C(F)(F)C4)[C@@H]1CC(F)(F)CCN1C2=O. The molecule has 4 aliphatic rings. The maximum Gasteiger partial charge on any atom is 0.510 e. The molecule has 0 radical (unpaired) electrons. The summed E-state index contributed by atoms with van der Waals surface area (Å²) in [5.41, 5.74) is 0.208. The number of nitrogens with zero attached hydrogens (tertiary/aromatic N) is 3. The van der Waals surface area contributed by atoms with E-state index in [0.29, 0.717) is 27.1 Å². The van der Waals surface area contributed by atoms with Gasteiger partial charge in [0.15, 0.2) is 5.69 Å². The third kappa shape index (κ3) is 4.36. The molecule has 1 amide bonds. The number of alkyl halides is 4. The number of piperidine rings is 1. The van der Waals surface area contributed by atoms with Gasteiger partial charge < -0.3 is 19.1 Å². The molecule has 1 fully saturated rings. The number of carbonyl (C=O) groups excluding carboxylic acids is 2. The van der Waals surface area contributed by atoms with E-state index >= 15 is 22.0 Å². The molecule has 15 heteroatoms. The molecule has 4 heterocycles. The fourth-order valence-electron chi connectivity index (χ4n) is 7.36. The van der Waals surface area contributed by atoms with Crippen molar-refractivity contribution in [1.29, 1.82) is 0 Å². The number of thiophene rings is 1. The largest absolute Gasteiger partial charge is 0.510 e. The van der Waals surface area contributed by atoms with Gasteiger partial charge in [-0.1, -0.05) is 30.3 Å². The summed E-state index contributed by atoms with van der Waals surface area (Å²) in [5, 5.41) is 3.09. The van der Waals surface area contributed by atoms with E-state index in [-0.39, 0.29) is 16.8 Å². The van der Waals surface area contributed by atoms with Crippen molar-refractivity contribution >= 4 is 23.4 Å². The van der Waals surface area contributed by atoms with Crippen molar-refractivity contribution in [2.24, 2.45) is 0 Å². The first-order valence-electron chi connectivity index (χ1n) is 14.9. The summed E-state index contributed by atoms with van der Waals surface area (Å²) in [7, 11) is 1.06. The molecule has 9 nitrogen and oxygen atoms in total. The molecule has 1 saturated heterocycles. The maximum atomic E-state index is 15.8. The summed E-state index contributed by atoms with van der Waals surface area (Å²) in [4.78, 5) is 40.6. The Labute approximate surface area is 272 Å². The lowest BCUT2D eigenvalue weighted by Crippen LogP contribution is -2.66. The van der Waals surface area contributed by atoms with Gasteiger partial charge in [-0.15, -0.1) is 11.3 Å². The number of hydrogen-bond acceptors (Lipinski definition) is 8. The average molecular weight is 686 g/mol. The summed E-state index contributed by atoms with van der Waals surface area (Å²) >= 11 is 1.23. The molecule has 248 valence electrons. The number of halogens is 5. The number of benzene rings is 2. The van der Waals surface area contributed by atoms with Crippen LogP contribution in [-0.2, 0) is 21.8 Å². The lowest BCUT2D eigenvalue weighted by Gasteiger charge is -2.53. The third-order valence-electron chi connectivity index (χ3n) is 9.30. The molecule has 0 bridgehead atoms. The minimum Gasteiger partial charge on any atom is -0.451 e. The van der Waals surface area contributed by atoms with Crippen LogP contribution >= 0.6 is 11.3 Å². The minimum atomic E-state index is -3.58. The first-order chi connectivity index (χ1) is 22.9. The molecule has 2 aliphatic heterocycles. The molecular formula is C33H24F5N3O6S. The highest BCUT2D eigenvalue weighted by Crippen LogP contribution is 2.58. The summed E-state index contributed by atoms with van der Waals surface area (Å²) in [6.45, 7) is -1.22. The Hall–Kier alpha value is -4.92. The molecule has 8 rings (SSSR count). The van der Waals surface area contributed by atoms with Crippen molar-refractivity contribution < 1.29 is 45.8 Å². The summed E-state index contributed by atoms with van der Waals surface area (Å²) in [5.74, 6) is -9.21. The number of ether oxygens (including phenoxy) is 3. The molecular weight excluding hydrogens is 661 g/mol. The fraction of sp³-hybridized carbons (Fsp3) is 0.303. The number of pyridine rings is 1. The van der Waals surface area contributed by atoms with Crippen molar-refractivity contribution in [3.05, 3.63) is 98.0 Å². The van der Waals surface area contributed by atoms with Crippen LogP contribution in [0.2, 0.25) is 0 Å². The van der Waals surface area contributed by atoms with Crippen LogP contribution in [0.3, 0.4) is 0 Å². The zero-order valence-corrected chi connectivity index (χ0v) is 25.8. The van der Waals surface area contributed by atoms with Crippen LogP contribution in [0, 0.1) is 5.82 Å². The van der Waals surface area contributed by atoms with Crippen LogP contribution in [0.1, 0.15) is 51.6 Å². The van der Waals surface area contributed by atoms with Crippen LogP contribution in [0.4, 0.5) is 26.7 Å². The Balaban J connectivity index is 1.42. The summed E-state index contributed by atoms with van der Waals surface area (Å²) in [6, 6.07) is 9.24. The molecule has 2 aromatic carbocycles. The predicted molar refractivity (Wildman–Crippen MR) is 161 cm³/mol. The second-order valence-electron chi connectivity index (χ2n) is 12.0. The first kappa shape index (κ1) is 30.4. The molecule has 48 heavy (non-hydrogen) atoms. The molecule has 2 aromatic heterocycles. The number of amides is 1. The Bertz CT molecular complexity index is 2100. The van der Waals surface area contributed by atoms with Gasteiger partial charge in [0, 0.05) is 47.7 Å². The number of methoxy groups -OCH3 is 1. The minimum absolute atomic E-state index is 0.0322. The highest BCUT2D eigenvalue weighted by Gasteiger charge is 2.53. The smallest absolute Gasteiger partial charge is 0.451 e. The van der Waals surface area contributed by atoms with Gasteiger partial charge in [-0.05, 0) is 33.7 Å². The Morgan fingerprint density at radius 1 is 1.04 bits per heavy atom. The van der Waals surface area contributed by atoms with Gasteiger partial charge in [0.1, 0.15) is 12.0 Å². The average Bonchev–Trinajstić information content (AvgIpc) is 3.41. The van der Waals surface area contributed by atoms with Crippen molar-refractivity contribution in [2.75, 3.05) is 25.5 Å². The van der Waals surface area contributed by atoms with Crippen LogP contribution in [0.5, 0.6) is 5.75 Å². The molecule has 2 aliphatic carbocycles. The van der Waals surface area contributed by atoms with E-state index in [9.17, 15) is 14.4 Å². The monoisotopic (exact) mass is 685 g/mol. The van der Waals surface area contributed by atoms with Crippen LogP contribution in [0.15, 0.2) is 58.8 Å². The molecule has 2 atom stereocenters. The standard InChI is InChI=1S/C33H24F5N3O6S/c1-45-31(44)47-15-46-28-21(42)8-10-40-27(28)30(43)39-11-9-32(35,36)13-22(39)41(40)26-17-4-2-3-5-18(17)29-23-16(14-48-29)12-33(37,38)25-20(34)7-6-19(26)24(23)25/h2-8,10,14,22,26H,9,11-13,15H2,1H3/t22-,26-/m1/s1. The maximum absolute atomic E-state index is 15.8. The topological polar surface area (TPSA) is 90.3 Å². The normalized spacial score (nSPS) is 20.9. The zero-order chi connectivity index (χ0) is 33.7. The van der Waals surface area contributed by atoms with E-state index in [1.165, 1.54) is 38.2 Å². The number of rotatable bonds is 4. The molecule has 0 N–H and O–H groups in total. The lowest BCUT2D eigenvalue weighted by molar-refractivity contribution is -0.0785. The van der Waals surface area contributed by atoms with E-state index in [0.717, 1.165) is 19.2 Å². The quantitative estimate of drug-likeness (QED) is 0.140. The van der Waals surface area contributed by atoms with E-state index < -0.39 is 91.3 Å². The van der Waals surface area contributed by atoms with E-state index in [1.807, 2.05) is 0 Å². The Morgan fingerprint density at radius 3 is 2.62 bits per heavy atom. The van der Waals surface area contributed by atoms with Crippen molar-refractivity contribution in [3.63, 3.8) is 0 Å². The van der Waals surface area contributed by atoms with Gasteiger partial charge in [0.05, 0.1) is 25.1 Å². The lowest BCUT2D eigenvalue weighted by atomic mass is 9.80. The second kappa shape index (κ2) is 10.5. The van der Waals surface area contributed by atoms with Gasteiger partial charge in [-0.25, -0.2) is 26.7 Å². The van der Waals surface area contributed by atoms with Crippen molar-refractivity contribution in [3.8, 4) is 27.3 Å².